The SMILES string of the molecule is Cc1cccc(N2CCN(CCCCNC(=O)[C@@H](c3ccccc3)N3CCCCC3=O)CC2)c1. The summed E-state index contributed by atoms with van der Waals surface area (Å²) in [5.41, 5.74) is 3.52. The highest BCUT2D eigenvalue weighted by Crippen LogP contribution is 2.26. The second-order valence-electron chi connectivity index (χ2n) is 9.52. The summed E-state index contributed by atoms with van der Waals surface area (Å²) in [6.07, 6.45) is 4.41. The summed E-state index contributed by atoms with van der Waals surface area (Å²) in [6.45, 7) is 8.77. The number of hydrogen-bond donors (Lipinski definition) is 1. The summed E-state index contributed by atoms with van der Waals surface area (Å²) < 4.78 is 0. The molecule has 2 aliphatic heterocycles. The first-order valence-electron chi connectivity index (χ1n) is 12.8. The van der Waals surface area contributed by atoms with Gasteiger partial charge < -0.3 is 15.1 Å². The van der Waals surface area contributed by atoms with Crippen molar-refractivity contribution in [3.05, 3.63) is 65.7 Å². The van der Waals surface area contributed by atoms with Crippen LogP contribution < -0.4 is 10.2 Å². The zero-order valence-electron chi connectivity index (χ0n) is 20.4. The van der Waals surface area contributed by atoms with E-state index in [1.54, 1.807) is 4.90 Å². The van der Waals surface area contributed by atoms with Crippen molar-refractivity contribution in [2.75, 3.05) is 50.7 Å². The van der Waals surface area contributed by atoms with E-state index in [-0.39, 0.29) is 11.8 Å². The van der Waals surface area contributed by atoms with Crippen LogP contribution in [0.3, 0.4) is 0 Å². The van der Waals surface area contributed by atoms with Gasteiger partial charge >= 0.3 is 0 Å². The predicted octanol–water partition coefficient (Wildman–Crippen LogP) is 3.77. The highest BCUT2D eigenvalue weighted by Gasteiger charge is 2.32. The zero-order valence-corrected chi connectivity index (χ0v) is 20.4. The standard InChI is InChI=1S/C28H38N4O2/c1-23-10-9-13-25(22-23)31-20-18-30(19-21-31)16-8-6-15-29-28(34)27(24-11-3-2-4-12-24)32-17-7-5-14-26(32)33/h2-4,9-13,22,27H,5-8,14-21H2,1H3,(H,29,34)/t27-/m1/s1. The van der Waals surface area contributed by atoms with Crippen LogP contribution in [0, 0.1) is 6.92 Å². The first-order chi connectivity index (χ1) is 16.6. The third kappa shape index (κ3) is 6.38. The topological polar surface area (TPSA) is 55.9 Å². The van der Waals surface area contributed by atoms with Crippen LogP contribution in [0.4, 0.5) is 5.69 Å². The van der Waals surface area contributed by atoms with Crippen molar-refractivity contribution in [2.45, 2.75) is 45.1 Å². The third-order valence-corrected chi connectivity index (χ3v) is 6.97. The molecular weight excluding hydrogens is 424 g/mol. The van der Waals surface area contributed by atoms with E-state index in [4.69, 9.17) is 0 Å². The van der Waals surface area contributed by atoms with E-state index in [1.807, 2.05) is 30.3 Å². The van der Waals surface area contributed by atoms with Gasteiger partial charge in [0.15, 0.2) is 0 Å². The van der Waals surface area contributed by atoms with Crippen LogP contribution in [0.25, 0.3) is 0 Å². The number of carbonyl (C=O) groups excluding carboxylic acids is 2. The van der Waals surface area contributed by atoms with Crippen molar-refractivity contribution in [2.24, 2.45) is 0 Å². The number of benzene rings is 2. The van der Waals surface area contributed by atoms with Gasteiger partial charge in [-0.25, -0.2) is 0 Å². The fourth-order valence-corrected chi connectivity index (χ4v) is 5.03. The highest BCUT2D eigenvalue weighted by molar-refractivity contribution is 5.89. The molecule has 2 saturated heterocycles. The van der Waals surface area contributed by atoms with Gasteiger partial charge in [-0.1, -0.05) is 42.5 Å². The number of rotatable bonds is 9. The summed E-state index contributed by atoms with van der Waals surface area (Å²) in [6, 6.07) is 17.9. The Bertz CT molecular complexity index is 940. The van der Waals surface area contributed by atoms with Gasteiger partial charge in [0.05, 0.1) is 0 Å². The Morgan fingerprint density at radius 2 is 1.74 bits per heavy atom. The van der Waals surface area contributed by atoms with Gasteiger partial charge in [0.2, 0.25) is 11.8 Å². The lowest BCUT2D eigenvalue weighted by Crippen LogP contribution is -2.47. The van der Waals surface area contributed by atoms with Crippen LogP contribution in [-0.2, 0) is 9.59 Å². The van der Waals surface area contributed by atoms with Gasteiger partial charge in [-0.05, 0) is 62.4 Å². The molecule has 2 amide bonds. The number of piperidine rings is 1. The molecular formula is C28H38N4O2. The molecule has 0 aliphatic carbocycles. The zero-order chi connectivity index (χ0) is 23.8. The Morgan fingerprint density at radius 1 is 0.941 bits per heavy atom. The van der Waals surface area contributed by atoms with E-state index in [2.05, 4.69) is 46.3 Å². The van der Waals surface area contributed by atoms with E-state index in [0.29, 0.717) is 19.5 Å². The molecule has 2 aromatic rings. The molecule has 2 heterocycles. The lowest BCUT2D eigenvalue weighted by Gasteiger charge is -2.36. The highest BCUT2D eigenvalue weighted by atomic mass is 16.2. The second kappa shape index (κ2) is 12.0. The van der Waals surface area contributed by atoms with Crippen molar-refractivity contribution in [3.63, 3.8) is 0 Å². The normalized spacial score (nSPS) is 18.1. The lowest BCUT2D eigenvalue weighted by atomic mass is 10.0. The monoisotopic (exact) mass is 462 g/mol. The Labute approximate surface area is 203 Å². The first kappa shape index (κ1) is 24.3. The summed E-state index contributed by atoms with van der Waals surface area (Å²) >= 11 is 0. The number of unbranched alkanes of at least 4 members (excludes halogenated alkanes) is 1. The van der Waals surface area contributed by atoms with Gasteiger partial charge in [-0.2, -0.15) is 0 Å². The molecule has 0 radical (unpaired) electrons. The average molecular weight is 463 g/mol. The number of nitrogens with zero attached hydrogens (tertiary/aromatic N) is 3. The third-order valence-electron chi connectivity index (χ3n) is 6.97. The van der Waals surface area contributed by atoms with Gasteiger partial charge in [0, 0.05) is 51.4 Å². The Morgan fingerprint density at radius 3 is 2.47 bits per heavy atom. The van der Waals surface area contributed by atoms with Gasteiger partial charge in [-0.3, -0.25) is 14.5 Å². The molecule has 1 N–H and O–H groups in total. The number of aryl methyl sites for hydroxylation is 1. The van der Waals surface area contributed by atoms with Crippen molar-refractivity contribution >= 4 is 17.5 Å². The van der Waals surface area contributed by atoms with Crippen LogP contribution in [0.5, 0.6) is 0 Å². The molecule has 0 bridgehead atoms. The van der Waals surface area contributed by atoms with Crippen LogP contribution in [-0.4, -0.2) is 67.4 Å². The molecule has 1 atom stereocenters. The van der Waals surface area contributed by atoms with E-state index >= 15 is 0 Å². The molecule has 0 unspecified atom stereocenters. The average Bonchev–Trinajstić information content (AvgIpc) is 2.86. The molecule has 6 heteroatoms. The molecule has 0 aromatic heterocycles. The van der Waals surface area contributed by atoms with Gasteiger partial charge in [-0.15, -0.1) is 0 Å². The van der Waals surface area contributed by atoms with Crippen molar-refractivity contribution < 1.29 is 9.59 Å². The minimum absolute atomic E-state index is 0.0618. The fourth-order valence-electron chi connectivity index (χ4n) is 5.03. The van der Waals surface area contributed by atoms with Crippen LogP contribution in [0.15, 0.2) is 54.6 Å². The predicted molar refractivity (Wildman–Crippen MR) is 137 cm³/mol. The van der Waals surface area contributed by atoms with Crippen molar-refractivity contribution in [3.8, 4) is 0 Å². The smallest absolute Gasteiger partial charge is 0.247 e. The maximum atomic E-state index is 13.1. The molecule has 6 nitrogen and oxygen atoms in total. The summed E-state index contributed by atoms with van der Waals surface area (Å²) in [5.74, 6) is 0.0216. The van der Waals surface area contributed by atoms with Crippen LogP contribution >= 0.6 is 0 Å². The van der Waals surface area contributed by atoms with Crippen molar-refractivity contribution in [1.82, 2.24) is 15.1 Å². The lowest BCUT2D eigenvalue weighted by molar-refractivity contribution is -0.142. The van der Waals surface area contributed by atoms with Crippen LogP contribution in [0.2, 0.25) is 0 Å². The molecule has 2 aromatic carbocycles. The van der Waals surface area contributed by atoms with E-state index in [9.17, 15) is 9.59 Å². The molecule has 34 heavy (non-hydrogen) atoms. The van der Waals surface area contributed by atoms with E-state index in [1.165, 1.54) is 11.3 Å². The number of anilines is 1. The van der Waals surface area contributed by atoms with E-state index in [0.717, 1.165) is 64.0 Å². The molecule has 4 rings (SSSR count). The number of nitrogens with one attached hydrogen (secondary N) is 1. The number of piperazine rings is 1. The van der Waals surface area contributed by atoms with Gasteiger partial charge in [0.25, 0.3) is 0 Å². The molecule has 0 spiro atoms. The minimum Gasteiger partial charge on any atom is -0.369 e. The van der Waals surface area contributed by atoms with Gasteiger partial charge in [0.1, 0.15) is 6.04 Å². The van der Waals surface area contributed by atoms with E-state index < -0.39 is 6.04 Å². The summed E-state index contributed by atoms with van der Waals surface area (Å²) in [7, 11) is 0. The number of hydrogen-bond acceptors (Lipinski definition) is 4. The maximum Gasteiger partial charge on any atom is 0.247 e. The Hall–Kier alpha value is -2.86. The molecule has 2 fully saturated rings. The fraction of sp³-hybridized carbons (Fsp3) is 0.500. The minimum atomic E-state index is -0.524. The number of carbonyl (C=O) groups is 2. The number of amides is 2. The van der Waals surface area contributed by atoms with Crippen LogP contribution in [0.1, 0.15) is 49.3 Å². The van der Waals surface area contributed by atoms with Crippen molar-refractivity contribution in [1.29, 1.82) is 0 Å². The molecule has 2 aliphatic rings. The quantitative estimate of drug-likeness (QED) is 0.577. The largest absolute Gasteiger partial charge is 0.369 e. The number of likely N-dealkylation sites (tertiary alicyclic amines) is 1. The maximum absolute atomic E-state index is 13.1. The summed E-state index contributed by atoms with van der Waals surface area (Å²) in [4.78, 5) is 32.4. The Balaban J connectivity index is 1.20. The first-order valence-corrected chi connectivity index (χ1v) is 12.8. The second-order valence-corrected chi connectivity index (χ2v) is 9.52. The Kier molecular flexibility index (Phi) is 8.58. The molecule has 182 valence electrons. The summed E-state index contributed by atoms with van der Waals surface area (Å²) in [5, 5.41) is 3.11. The molecule has 0 saturated carbocycles.